The molecular formula is C96H125N19O14S3. The van der Waals surface area contributed by atoms with Gasteiger partial charge in [0.1, 0.15) is 41.9 Å². The second-order valence-electron chi connectivity index (χ2n) is 34.5. The van der Waals surface area contributed by atoms with Crippen LogP contribution in [0.2, 0.25) is 0 Å². The van der Waals surface area contributed by atoms with Crippen molar-refractivity contribution in [3.8, 4) is 5.75 Å². The number of nitrogens with zero attached hydrogens (tertiary/aromatic N) is 10. The number of allylic oxidation sites excluding steroid dienone is 1. The molecule has 7 heterocycles. The van der Waals surface area contributed by atoms with Gasteiger partial charge in [-0.2, -0.15) is 15.0 Å². The van der Waals surface area contributed by atoms with Gasteiger partial charge in [0.05, 0.1) is 70.9 Å². The number of aromatic nitrogens is 8. The number of ether oxygens (including phenoxy) is 3. The largest absolute Gasteiger partial charge is 0.483 e. The number of nitrogens with one attached hydrogen (secondary N) is 7. The summed E-state index contributed by atoms with van der Waals surface area (Å²) in [6.45, 7) is 17.0. The number of rotatable bonds is 38. The molecule has 5 aromatic carbocycles. The SMILES string of the molecule is CC(C)c1nc(CN(C)C(=O)N[C@H](C(=O)N[C@@H](Cc2ccccc2)C[C@H](O)[C@H](Cc2ccccc2)NC(=O)OCc2cncs2)C(C)C)cs1.Cc1cccc(C)c1OCC(=O)N[C@@H](Cc1ccccc1)[C@@H](O)C[C@H](Cc1ccccc1)NC(=O)[C@H](C(C)C)N1CCCNC1=O.Nc1ccn([C@@H]2CS[C@H](CO)O2)c(=O)n1.Nc1nc(NC2CC2)c2ncn([C@H]3C=C[C@@H](CO)C3)c2n1. The zero-order valence-electron chi connectivity index (χ0n) is 76.1. The molecule has 2 aliphatic carbocycles. The highest BCUT2D eigenvalue weighted by Crippen LogP contribution is 2.35. The van der Waals surface area contributed by atoms with Crippen molar-refractivity contribution in [2.75, 3.05) is 62.5 Å². The number of thiazole rings is 2. The maximum absolute atomic E-state index is 13.9. The van der Waals surface area contributed by atoms with Crippen LogP contribution in [-0.2, 0) is 62.7 Å². The van der Waals surface area contributed by atoms with Gasteiger partial charge in [0.15, 0.2) is 23.6 Å². The van der Waals surface area contributed by atoms with E-state index in [1.54, 1.807) is 53.6 Å². The number of nitrogen functional groups attached to an aromatic ring is 2. The number of carbonyl (C=O) groups excluding carboxylic acids is 6. The third-order valence-corrected chi connectivity index (χ3v) is 25.7. The summed E-state index contributed by atoms with van der Waals surface area (Å²) in [5.41, 5.74) is 20.2. The van der Waals surface area contributed by atoms with E-state index in [0.29, 0.717) is 68.8 Å². The van der Waals surface area contributed by atoms with E-state index in [0.717, 1.165) is 91.6 Å². The Hall–Kier alpha value is -11.9. The number of fused-ring (bicyclic) bond motifs is 1. The molecule has 0 radical (unpaired) electrons. The molecule has 0 spiro atoms. The fourth-order valence-corrected chi connectivity index (χ4v) is 17.9. The van der Waals surface area contributed by atoms with Crippen LogP contribution in [-0.4, -0.2) is 211 Å². The highest BCUT2D eigenvalue weighted by Gasteiger charge is 2.38. The Kier molecular flexibility index (Phi) is 38.2. The van der Waals surface area contributed by atoms with Gasteiger partial charge in [0.2, 0.25) is 17.8 Å². The van der Waals surface area contributed by atoms with Crippen molar-refractivity contribution in [2.45, 2.75) is 211 Å². The van der Waals surface area contributed by atoms with Crippen LogP contribution in [0, 0.1) is 31.6 Å². The predicted molar refractivity (Wildman–Crippen MR) is 513 cm³/mol. The maximum Gasteiger partial charge on any atom is 0.407 e. The second-order valence-corrected chi connectivity index (χ2v) is 37.5. The second kappa shape index (κ2) is 50.1. The summed E-state index contributed by atoms with van der Waals surface area (Å²) in [7, 11) is 1.68. The van der Waals surface area contributed by atoms with E-state index in [2.05, 4.69) is 87.0 Å². The zero-order chi connectivity index (χ0) is 94.3. The first-order valence-electron chi connectivity index (χ1n) is 44.8. The lowest BCUT2D eigenvalue weighted by Crippen LogP contribution is -2.59. The maximum atomic E-state index is 13.9. The molecule has 2 saturated heterocycles. The molecule has 2 aliphatic heterocycles. The molecule has 36 heteroatoms. The number of benzene rings is 5. The van der Waals surface area contributed by atoms with E-state index in [4.69, 9.17) is 30.8 Å². The van der Waals surface area contributed by atoms with Crippen LogP contribution in [0.1, 0.15) is 147 Å². The quantitative estimate of drug-likeness (QED) is 0.0160. The summed E-state index contributed by atoms with van der Waals surface area (Å²) in [5.74, 6) is 1.67. The number of urea groups is 2. The number of carbonyl (C=O) groups is 6. The van der Waals surface area contributed by atoms with Gasteiger partial charge in [0.25, 0.3) is 5.91 Å². The normalized spacial score (nSPS) is 17.5. The molecule has 3 fully saturated rings. The lowest BCUT2D eigenvalue weighted by Gasteiger charge is -2.37. The number of hydrogen-bond acceptors (Lipinski definition) is 26. The lowest BCUT2D eigenvalue weighted by atomic mass is 9.92. The van der Waals surface area contributed by atoms with Gasteiger partial charge in [-0.3, -0.25) is 23.9 Å². The van der Waals surface area contributed by atoms with Crippen LogP contribution in [0.25, 0.3) is 11.2 Å². The minimum Gasteiger partial charge on any atom is -0.483 e. The van der Waals surface area contributed by atoms with E-state index >= 15 is 0 Å². The highest BCUT2D eigenvalue weighted by molar-refractivity contribution is 8.00. The van der Waals surface area contributed by atoms with E-state index in [9.17, 15) is 48.9 Å². The molecule has 0 bridgehead atoms. The first-order chi connectivity index (χ1) is 63.5. The van der Waals surface area contributed by atoms with Crippen molar-refractivity contribution in [3.05, 3.63) is 247 Å². The molecule has 8 amide bonds. The summed E-state index contributed by atoms with van der Waals surface area (Å²) in [5, 5.41) is 65.7. The fourth-order valence-electron chi connectivity index (χ4n) is 15.6. The zero-order valence-corrected chi connectivity index (χ0v) is 78.5. The van der Waals surface area contributed by atoms with Crippen LogP contribution in [0.5, 0.6) is 5.75 Å². The van der Waals surface area contributed by atoms with Gasteiger partial charge in [-0.15, -0.1) is 34.4 Å². The summed E-state index contributed by atoms with van der Waals surface area (Å²) < 4.78 is 20.1. The molecule has 706 valence electrons. The Labute approximate surface area is 782 Å². The molecule has 14 rings (SSSR count). The number of aliphatic hydroxyl groups is 4. The predicted octanol–water partition coefficient (Wildman–Crippen LogP) is 10.7. The van der Waals surface area contributed by atoms with E-state index in [1.165, 1.54) is 32.6 Å². The molecule has 4 aliphatic rings. The summed E-state index contributed by atoms with van der Waals surface area (Å²) in [4.78, 5) is 120. The number of aryl methyl sites for hydroxylation is 2. The van der Waals surface area contributed by atoms with E-state index < -0.39 is 60.2 Å². The van der Waals surface area contributed by atoms with Gasteiger partial charge in [-0.25, -0.2) is 29.1 Å². The number of anilines is 3. The Balaban J connectivity index is 0.000000186. The van der Waals surface area contributed by atoms with Crippen LogP contribution >= 0.6 is 34.4 Å². The highest BCUT2D eigenvalue weighted by atomic mass is 32.2. The van der Waals surface area contributed by atoms with Crippen molar-refractivity contribution < 1.29 is 63.4 Å². The van der Waals surface area contributed by atoms with E-state index in [1.807, 2.05) is 197 Å². The number of nitrogens with two attached hydrogens (primary N) is 2. The van der Waals surface area contributed by atoms with Crippen LogP contribution in [0.15, 0.2) is 192 Å². The molecule has 10 aromatic rings. The molecule has 15 N–H and O–H groups in total. The minimum absolute atomic E-state index is 0.0572. The molecule has 33 nitrogen and oxygen atoms in total. The molecule has 5 aromatic heterocycles. The summed E-state index contributed by atoms with van der Waals surface area (Å²) in [6.07, 6.45) is 12.0. The van der Waals surface area contributed by atoms with Crippen LogP contribution in [0.4, 0.5) is 32.0 Å². The first kappa shape index (κ1) is 101. The van der Waals surface area contributed by atoms with Gasteiger partial charge < -0.3 is 97.7 Å². The molecule has 12 atom stereocenters. The standard InChI is InChI=1S/C37H48N6O5S2.C37H48N4O5.C14H18N6O.C8H11N3O3S/c1-24(2)33(42-36(46)43(5)20-29-22-49-35(40-29)25(3)4)34(45)39-28(16-26-12-8-6-9-13-26)18-32(44)31(17-27-14-10-7-11-15-27)41-37(47)48-21-30-19-38-23-50-30;1-25(2)34(41-20-12-19-38-37(41)45)36(44)39-30(21-28-15-7-5-8-16-28)23-32(42)31(22-29-17-9-6-10-18-29)40-33(43)24-46-35-26(3)13-11-14-27(35)4;15-14-18-12(17-9-2-3-9)11-13(19-14)20(7-16-11)10-4-1-8(5-10)6-21;9-5-1-2-11(8(13)10-5)6-4-15-7(3-12)14-6/h6-15,19,22-25,28,31-33,44H,16-18,20-21H2,1-5H3,(H,39,45)(H,41,47)(H,42,46);5-11,13-18,25,30-32,34,42H,12,19-24H2,1-4H3,(H,38,45)(H,39,44)(H,40,43);1,4,7-10,21H,2-3,5-6H2,(H3,15,17,18,19);1-2,6-7,12H,3-4H2,(H2,9,10,13)/t28-,31-,32-,33-;30-,31-,32-,34-;8-,10+;6-,7+/m0010/s1. The van der Waals surface area contributed by atoms with Gasteiger partial charge in [0, 0.05) is 80.2 Å². The number of alkyl carbamates (subject to hydrolysis) is 1. The number of imidazole rings is 1. The monoisotopic (exact) mass is 1860 g/mol. The molecular weight excluding hydrogens is 1740 g/mol. The number of hydrogen-bond donors (Lipinski definition) is 13. The van der Waals surface area contributed by atoms with Gasteiger partial charge in [-0.1, -0.05) is 193 Å². The van der Waals surface area contributed by atoms with Crippen molar-refractivity contribution in [1.82, 2.24) is 80.7 Å². The topological polar surface area (TPSA) is 458 Å². The van der Waals surface area contributed by atoms with Crippen molar-refractivity contribution >= 4 is 99.1 Å². The van der Waals surface area contributed by atoms with Gasteiger partial charge >= 0.3 is 23.8 Å². The number of thioether (sulfide) groups is 1. The fraction of sp³-hybridized carbons (Fsp3) is 0.448. The average molecular weight is 1870 g/mol. The van der Waals surface area contributed by atoms with Crippen molar-refractivity contribution in [3.63, 3.8) is 0 Å². The summed E-state index contributed by atoms with van der Waals surface area (Å²) >= 11 is 4.42. The van der Waals surface area contributed by atoms with Gasteiger partial charge in [-0.05, 0) is 129 Å². The first-order valence-corrected chi connectivity index (χ1v) is 47.6. The number of aliphatic hydroxyl groups excluding tert-OH is 4. The Morgan fingerprint density at radius 2 is 1.29 bits per heavy atom. The smallest absolute Gasteiger partial charge is 0.407 e. The average Bonchev–Trinajstić information content (AvgIpc) is 1.62. The molecule has 1 saturated carbocycles. The Morgan fingerprint density at radius 1 is 0.682 bits per heavy atom. The Morgan fingerprint density at radius 3 is 1.82 bits per heavy atom. The van der Waals surface area contributed by atoms with Crippen LogP contribution in [0.3, 0.4) is 0 Å². The van der Waals surface area contributed by atoms with E-state index in [-0.39, 0.29) is 116 Å². The van der Waals surface area contributed by atoms with Crippen LogP contribution < -0.4 is 59.1 Å². The Bertz CT molecular complexity index is 5390. The lowest BCUT2D eigenvalue weighted by molar-refractivity contribution is -0.128. The minimum atomic E-state index is -1.05. The number of para-hydroxylation sites is 1. The van der Waals surface area contributed by atoms with Crippen molar-refractivity contribution in [1.29, 1.82) is 0 Å². The van der Waals surface area contributed by atoms with Crippen molar-refractivity contribution in [2.24, 2.45) is 17.8 Å². The third kappa shape index (κ3) is 30.6. The number of amides is 8. The molecule has 132 heavy (non-hydrogen) atoms. The summed E-state index contributed by atoms with van der Waals surface area (Å²) in [6, 6.07) is 42.3. The molecule has 0 unspecified atom stereocenters. The third-order valence-electron chi connectivity index (χ3n) is 22.7.